The Labute approximate surface area is 124 Å². The molecule has 0 bridgehead atoms. The first kappa shape index (κ1) is 15.7. The number of thioether (sulfide) groups is 1. The molecule has 0 radical (unpaired) electrons. The zero-order valence-electron chi connectivity index (χ0n) is 13.2. The SMILES string of the molecule is CCSC1CCCC1N1CC(C(C)C)NCC1CC. The third kappa shape index (κ3) is 3.68. The molecule has 112 valence electrons. The Morgan fingerprint density at radius 2 is 2.05 bits per heavy atom. The minimum atomic E-state index is 0.690. The van der Waals surface area contributed by atoms with Crippen molar-refractivity contribution < 1.29 is 0 Å². The number of nitrogens with zero attached hydrogens (tertiary/aromatic N) is 1. The second kappa shape index (κ2) is 7.33. The van der Waals surface area contributed by atoms with Crippen molar-refractivity contribution in [3.05, 3.63) is 0 Å². The molecule has 0 aromatic carbocycles. The molecule has 4 unspecified atom stereocenters. The molecule has 2 fully saturated rings. The predicted molar refractivity (Wildman–Crippen MR) is 87.0 cm³/mol. The molecule has 0 amide bonds. The van der Waals surface area contributed by atoms with Crippen LogP contribution < -0.4 is 5.32 Å². The molecule has 2 aliphatic rings. The largest absolute Gasteiger partial charge is 0.311 e. The van der Waals surface area contributed by atoms with Crippen LogP contribution in [0, 0.1) is 5.92 Å². The van der Waals surface area contributed by atoms with E-state index >= 15 is 0 Å². The zero-order valence-corrected chi connectivity index (χ0v) is 14.0. The summed E-state index contributed by atoms with van der Waals surface area (Å²) in [5.41, 5.74) is 0. The molecule has 4 atom stereocenters. The van der Waals surface area contributed by atoms with E-state index in [1.165, 1.54) is 44.5 Å². The Hall–Kier alpha value is 0.270. The highest BCUT2D eigenvalue weighted by Gasteiger charge is 2.38. The Morgan fingerprint density at radius 3 is 2.68 bits per heavy atom. The van der Waals surface area contributed by atoms with Gasteiger partial charge < -0.3 is 5.32 Å². The number of nitrogens with one attached hydrogen (secondary N) is 1. The molecule has 1 N–H and O–H groups in total. The Balaban J connectivity index is 2.04. The van der Waals surface area contributed by atoms with Crippen LogP contribution in [0.5, 0.6) is 0 Å². The van der Waals surface area contributed by atoms with E-state index in [-0.39, 0.29) is 0 Å². The summed E-state index contributed by atoms with van der Waals surface area (Å²) in [5, 5.41) is 4.66. The van der Waals surface area contributed by atoms with E-state index in [2.05, 4.69) is 49.7 Å². The molecule has 1 saturated carbocycles. The average molecular weight is 285 g/mol. The fourth-order valence-electron chi connectivity index (χ4n) is 3.77. The van der Waals surface area contributed by atoms with Gasteiger partial charge in [-0.2, -0.15) is 11.8 Å². The smallest absolute Gasteiger partial charge is 0.0222 e. The van der Waals surface area contributed by atoms with Crippen molar-refractivity contribution in [1.29, 1.82) is 0 Å². The average Bonchev–Trinajstić information content (AvgIpc) is 2.86. The summed E-state index contributed by atoms with van der Waals surface area (Å²) in [7, 11) is 0. The predicted octanol–water partition coefficient (Wildman–Crippen LogP) is 3.37. The fraction of sp³-hybridized carbons (Fsp3) is 1.00. The van der Waals surface area contributed by atoms with Crippen LogP contribution in [0.3, 0.4) is 0 Å². The molecule has 1 aliphatic carbocycles. The number of piperazine rings is 1. The lowest BCUT2D eigenvalue weighted by Crippen LogP contribution is -2.61. The van der Waals surface area contributed by atoms with Gasteiger partial charge in [-0.25, -0.2) is 0 Å². The quantitative estimate of drug-likeness (QED) is 0.833. The summed E-state index contributed by atoms with van der Waals surface area (Å²) in [5.74, 6) is 2.02. The molecule has 2 rings (SSSR count). The first-order chi connectivity index (χ1) is 9.17. The van der Waals surface area contributed by atoms with E-state index in [0.29, 0.717) is 6.04 Å². The fourth-order valence-corrected chi connectivity index (χ4v) is 5.05. The van der Waals surface area contributed by atoms with Gasteiger partial charge in [-0.3, -0.25) is 4.90 Å². The maximum atomic E-state index is 3.77. The van der Waals surface area contributed by atoms with E-state index in [9.17, 15) is 0 Å². The normalized spacial score (nSPS) is 37.1. The standard InChI is InChI=1S/C16H32N2S/c1-5-13-10-17-14(12(3)4)11-18(13)15-8-7-9-16(15)19-6-2/h12-17H,5-11H2,1-4H3. The topological polar surface area (TPSA) is 15.3 Å². The molecule has 3 heteroatoms. The van der Waals surface area contributed by atoms with Crippen LogP contribution >= 0.6 is 11.8 Å². The monoisotopic (exact) mass is 284 g/mol. The molecule has 0 aromatic rings. The molecule has 1 heterocycles. The maximum absolute atomic E-state index is 3.77. The summed E-state index contributed by atoms with van der Waals surface area (Å²) in [6.07, 6.45) is 5.60. The summed E-state index contributed by atoms with van der Waals surface area (Å²) in [6, 6.07) is 2.30. The number of rotatable bonds is 5. The summed E-state index contributed by atoms with van der Waals surface area (Å²) >= 11 is 2.20. The third-order valence-corrected chi connectivity index (χ3v) is 6.30. The molecule has 0 spiro atoms. The summed E-state index contributed by atoms with van der Waals surface area (Å²) < 4.78 is 0. The van der Waals surface area contributed by atoms with Crippen LogP contribution in [0.1, 0.15) is 53.4 Å². The lowest BCUT2D eigenvalue weighted by Gasteiger charge is -2.46. The number of hydrogen-bond acceptors (Lipinski definition) is 3. The second-order valence-electron chi connectivity index (χ2n) is 6.51. The summed E-state index contributed by atoms with van der Waals surface area (Å²) in [6.45, 7) is 11.8. The van der Waals surface area contributed by atoms with Crippen molar-refractivity contribution in [3.63, 3.8) is 0 Å². The highest BCUT2D eigenvalue weighted by atomic mass is 32.2. The van der Waals surface area contributed by atoms with Crippen LogP contribution in [0.15, 0.2) is 0 Å². The van der Waals surface area contributed by atoms with E-state index < -0.39 is 0 Å². The van der Waals surface area contributed by atoms with E-state index in [1.54, 1.807) is 0 Å². The minimum Gasteiger partial charge on any atom is -0.311 e. The van der Waals surface area contributed by atoms with Crippen LogP contribution in [0.2, 0.25) is 0 Å². The van der Waals surface area contributed by atoms with Gasteiger partial charge in [-0.15, -0.1) is 0 Å². The van der Waals surface area contributed by atoms with Gasteiger partial charge >= 0.3 is 0 Å². The molecular weight excluding hydrogens is 252 g/mol. The van der Waals surface area contributed by atoms with Crippen molar-refractivity contribution in [1.82, 2.24) is 10.2 Å². The molecule has 19 heavy (non-hydrogen) atoms. The Bertz CT molecular complexity index is 269. The van der Waals surface area contributed by atoms with Gasteiger partial charge in [-0.1, -0.05) is 34.1 Å². The third-order valence-electron chi connectivity index (χ3n) is 4.99. The zero-order chi connectivity index (χ0) is 13.8. The van der Waals surface area contributed by atoms with Crippen molar-refractivity contribution in [2.45, 2.75) is 76.8 Å². The minimum absolute atomic E-state index is 0.690. The molecule has 0 aromatic heterocycles. The lowest BCUT2D eigenvalue weighted by molar-refractivity contribution is 0.0711. The first-order valence-electron chi connectivity index (χ1n) is 8.28. The van der Waals surface area contributed by atoms with Gasteiger partial charge in [0.05, 0.1) is 0 Å². The molecule has 1 aliphatic heterocycles. The van der Waals surface area contributed by atoms with Crippen LogP contribution in [-0.4, -0.2) is 47.1 Å². The first-order valence-corrected chi connectivity index (χ1v) is 9.32. The second-order valence-corrected chi connectivity index (χ2v) is 8.03. The van der Waals surface area contributed by atoms with E-state index in [1.807, 2.05) is 0 Å². The summed E-state index contributed by atoms with van der Waals surface area (Å²) in [4.78, 5) is 2.88. The van der Waals surface area contributed by atoms with Gasteiger partial charge in [0.15, 0.2) is 0 Å². The number of hydrogen-bond donors (Lipinski definition) is 1. The van der Waals surface area contributed by atoms with Gasteiger partial charge in [0.1, 0.15) is 0 Å². The highest BCUT2D eigenvalue weighted by Crippen LogP contribution is 2.35. The van der Waals surface area contributed by atoms with Crippen LogP contribution in [0.4, 0.5) is 0 Å². The van der Waals surface area contributed by atoms with Crippen molar-refractivity contribution in [2.24, 2.45) is 5.92 Å². The van der Waals surface area contributed by atoms with E-state index in [4.69, 9.17) is 0 Å². The van der Waals surface area contributed by atoms with Crippen LogP contribution in [0.25, 0.3) is 0 Å². The highest BCUT2D eigenvalue weighted by molar-refractivity contribution is 7.99. The van der Waals surface area contributed by atoms with Gasteiger partial charge in [-0.05, 0) is 30.9 Å². The molecule has 1 saturated heterocycles. The van der Waals surface area contributed by atoms with E-state index in [0.717, 1.165) is 23.3 Å². The Morgan fingerprint density at radius 1 is 1.26 bits per heavy atom. The Kier molecular flexibility index (Phi) is 6.04. The molecule has 2 nitrogen and oxygen atoms in total. The van der Waals surface area contributed by atoms with Crippen molar-refractivity contribution >= 4 is 11.8 Å². The van der Waals surface area contributed by atoms with Crippen molar-refractivity contribution in [3.8, 4) is 0 Å². The van der Waals surface area contributed by atoms with Gasteiger partial charge in [0.25, 0.3) is 0 Å². The van der Waals surface area contributed by atoms with Crippen LogP contribution in [-0.2, 0) is 0 Å². The molecular formula is C16H32N2S. The van der Waals surface area contributed by atoms with Crippen molar-refractivity contribution in [2.75, 3.05) is 18.8 Å². The van der Waals surface area contributed by atoms with Gasteiger partial charge in [0.2, 0.25) is 0 Å². The lowest BCUT2D eigenvalue weighted by atomic mass is 9.96. The maximum Gasteiger partial charge on any atom is 0.0222 e. The van der Waals surface area contributed by atoms with Gasteiger partial charge in [0, 0.05) is 36.5 Å².